The van der Waals surface area contributed by atoms with Gasteiger partial charge in [0.1, 0.15) is 12.1 Å². The summed E-state index contributed by atoms with van der Waals surface area (Å²) in [6, 6.07) is 6.76. The van der Waals surface area contributed by atoms with Crippen LogP contribution in [-0.2, 0) is 16.8 Å². The second-order valence-corrected chi connectivity index (χ2v) is 9.12. The SMILES string of the molecule is CC1(C)C(=O)N(c2ccc(C3(C(F)(F)F)CC3)cc2)C(=O)N1Cc1ccnc2c1OCCN2. The lowest BCUT2D eigenvalue weighted by molar-refractivity contribution is -0.160. The third-order valence-electron chi connectivity index (χ3n) is 6.75. The van der Waals surface area contributed by atoms with Gasteiger partial charge in [-0.05, 0) is 50.5 Å². The molecule has 0 unspecified atom stereocenters. The molecule has 1 aromatic carbocycles. The monoisotopic (exact) mass is 460 g/mol. The molecule has 1 saturated carbocycles. The third-order valence-corrected chi connectivity index (χ3v) is 6.75. The number of urea groups is 1. The Bertz CT molecular complexity index is 1130. The van der Waals surface area contributed by atoms with Crippen molar-refractivity contribution in [2.75, 3.05) is 23.4 Å². The molecule has 2 fully saturated rings. The van der Waals surface area contributed by atoms with Crippen molar-refractivity contribution in [3.05, 3.63) is 47.7 Å². The number of fused-ring (bicyclic) bond motifs is 1. The maximum Gasteiger partial charge on any atom is 0.398 e. The molecule has 3 aliphatic rings. The number of carbonyl (C=O) groups is 2. The molecule has 33 heavy (non-hydrogen) atoms. The van der Waals surface area contributed by atoms with Crippen molar-refractivity contribution in [3.8, 4) is 5.75 Å². The number of nitrogens with zero attached hydrogens (tertiary/aromatic N) is 3. The van der Waals surface area contributed by atoms with Crippen LogP contribution in [-0.4, -0.2) is 46.7 Å². The summed E-state index contributed by atoms with van der Waals surface area (Å²) in [5, 5.41) is 3.14. The van der Waals surface area contributed by atoms with E-state index in [2.05, 4.69) is 10.3 Å². The van der Waals surface area contributed by atoms with E-state index in [0.717, 1.165) is 4.90 Å². The number of ether oxygens (including phenoxy) is 1. The summed E-state index contributed by atoms with van der Waals surface area (Å²) in [5.41, 5.74) is -1.86. The molecule has 1 aliphatic carbocycles. The number of anilines is 2. The van der Waals surface area contributed by atoms with Crippen molar-refractivity contribution in [1.29, 1.82) is 0 Å². The van der Waals surface area contributed by atoms with Crippen molar-refractivity contribution in [3.63, 3.8) is 0 Å². The van der Waals surface area contributed by atoms with Gasteiger partial charge in [0.15, 0.2) is 11.6 Å². The maximum absolute atomic E-state index is 13.4. The average molecular weight is 460 g/mol. The van der Waals surface area contributed by atoms with E-state index in [-0.39, 0.29) is 30.6 Å². The Morgan fingerprint density at radius 3 is 2.45 bits per heavy atom. The highest BCUT2D eigenvalue weighted by molar-refractivity contribution is 6.22. The molecule has 10 heteroatoms. The molecule has 1 N–H and O–H groups in total. The molecule has 3 amide bonds. The van der Waals surface area contributed by atoms with Gasteiger partial charge < -0.3 is 15.0 Å². The molecule has 1 aromatic heterocycles. The van der Waals surface area contributed by atoms with E-state index in [1.54, 1.807) is 26.1 Å². The molecule has 1 saturated heterocycles. The number of hydrogen-bond acceptors (Lipinski definition) is 5. The fourth-order valence-corrected chi connectivity index (χ4v) is 4.51. The predicted molar refractivity (Wildman–Crippen MR) is 114 cm³/mol. The number of nitrogens with one attached hydrogen (secondary N) is 1. The number of alkyl halides is 3. The van der Waals surface area contributed by atoms with Crippen molar-refractivity contribution >= 4 is 23.4 Å². The standard InChI is InChI=1S/C23H23F3N4O3/c1-21(2)19(31)30(16-5-3-15(4-6-16)22(8-9-22)23(24,25)26)20(32)29(21)13-14-7-10-27-18-17(14)33-12-11-28-18/h3-7,10H,8-9,11-13H2,1-2H3,(H,27,28). The number of benzene rings is 1. The second kappa shape index (κ2) is 7.10. The molecular formula is C23H23F3N4O3. The minimum atomic E-state index is -4.33. The summed E-state index contributed by atoms with van der Waals surface area (Å²) in [7, 11) is 0. The molecule has 3 heterocycles. The summed E-state index contributed by atoms with van der Waals surface area (Å²) < 4.78 is 46.1. The lowest BCUT2D eigenvalue weighted by Crippen LogP contribution is -2.43. The Balaban J connectivity index is 1.43. The minimum Gasteiger partial charge on any atom is -0.488 e. The van der Waals surface area contributed by atoms with Crippen LogP contribution in [0.25, 0.3) is 0 Å². The lowest BCUT2D eigenvalue weighted by atomic mass is 9.95. The molecule has 7 nitrogen and oxygen atoms in total. The minimum absolute atomic E-state index is 0.0470. The number of rotatable bonds is 4. The van der Waals surface area contributed by atoms with Crippen LogP contribution in [0.2, 0.25) is 0 Å². The number of imide groups is 1. The van der Waals surface area contributed by atoms with Crippen LogP contribution >= 0.6 is 0 Å². The Morgan fingerprint density at radius 1 is 1.12 bits per heavy atom. The number of aromatic nitrogens is 1. The van der Waals surface area contributed by atoms with Gasteiger partial charge in [-0.1, -0.05) is 12.1 Å². The summed E-state index contributed by atoms with van der Waals surface area (Å²) in [4.78, 5) is 33.3. The van der Waals surface area contributed by atoms with Gasteiger partial charge in [-0.3, -0.25) is 4.79 Å². The Hall–Kier alpha value is -3.30. The van der Waals surface area contributed by atoms with Crippen molar-refractivity contribution in [2.24, 2.45) is 0 Å². The van der Waals surface area contributed by atoms with Crippen LogP contribution in [0.4, 0.5) is 29.5 Å². The van der Waals surface area contributed by atoms with E-state index < -0.39 is 29.1 Å². The van der Waals surface area contributed by atoms with Crippen LogP contribution in [0.3, 0.4) is 0 Å². The largest absolute Gasteiger partial charge is 0.488 e. The fraction of sp³-hybridized carbons (Fsp3) is 0.435. The molecule has 2 aromatic rings. The molecule has 0 spiro atoms. The highest BCUT2D eigenvalue weighted by Crippen LogP contribution is 2.59. The van der Waals surface area contributed by atoms with Crippen LogP contribution < -0.4 is 15.0 Å². The molecule has 5 rings (SSSR count). The van der Waals surface area contributed by atoms with Crippen molar-refractivity contribution in [1.82, 2.24) is 9.88 Å². The number of amides is 3. The predicted octanol–water partition coefficient (Wildman–Crippen LogP) is 4.23. The van der Waals surface area contributed by atoms with Gasteiger partial charge in [0.2, 0.25) is 0 Å². The quantitative estimate of drug-likeness (QED) is 0.692. The van der Waals surface area contributed by atoms with E-state index >= 15 is 0 Å². The average Bonchev–Trinajstić information content (AvgIpc) is 3.57. The molecule has 0 radical (unpaired) electrons. The summed E-state index contributed by atoms with van der Waals surface area (Å²) in [6.07, 6.45) is -2.62. The third kappa shape index (κ3) is 3.22. The zero-order valence-corrected chi connectivity index (χ0v) is 18.2. The van der Waals surface area contributed by atoms with Crippen LogP contribution in [0.1, 0.15) is 37.8 Å². The fourth-order valence-electron chi connectivity index (χ4n) is 4.51. The zero-order valence-electron chi connectivity index (χ0n) is 18.2. The van der Waals surface area contributed by atoms with Crippen LogP contribution in [0.15, 0.2) is 36.5 Å². The van der Waals surface area contributed by atoms with E-state index in [0.29, 0.717) is 30.3 Å². The summed E-state index contributed by atoms with van der Waals surface area (Å²) in [5.74, 6) is 0.685. The number of pyridine rings is 1. The first-order valence-corrected chi connectivity index (χ1v) is 10.7. The van der Waals surface area contributed by atoms with Gasteiger partial charge in [0.25, 0.3) is 5.91 Å². The van der Waals surface area contributed by atoms with Gasteiger partial charge in [0.05, 0.1) is 24.2 Å². The molecule has 0 atom stereocenters. The van der Waals surface area contributed by atoms with Crippen molar-refractivity contribution < 1.29 is 27.5 Å². The second-order valence-electron chi connectivity index (χ2n) is 9.12. The van der Waals surface area contributed by atoms with Gasteiger partial charge in [0, 0.05) is 11.8 Å². The molecule has 0 bridgehead atoms. The zero-order chi connectivity index (χ0) is 23.6. The van der Waals surface area contributed by atoms with E-state index in [9.17, 15) is 22.8 Å². The summed E-state index contributed by atoms with van der Waals surface area (Å²) in [6.45, 7) is 4.50. The smallest absolute Gasteiger partial charge is 0.398 e. The number of halogens is 3. The van der Waals surface area contributed by atoms with Crippen LogP contribution in [0, 0.1) is 0 Å². The molecule has 174 valence electrons. The molecule has 2 aliphatic heterocycles. The van der Waals surface area contributed by atoms with Crippen LogP contribution in [0.5, 0.6) is 5.75 Å². The number of carbonyl (C=O) groups excluding carboxylic acids is 2. The Morgan fingerprint density at radius 2 is 1.82 bits per heavy atom. The Labute approximate surface area is 188 Å². The van der Waals surface area contributed by atoms with E-state index in [1.165, 1.54) is 29.2 Å². The number of hydrogen-bond donors (Lipinski definition) is 1. The first kappa shape index (κ1) is 21.5. The van der Waals surface area contributed by atoms with Gasteiger partial charge in [-0.25, -0.2) is 14.7 Å². The topological polar surface area (TPSA) is 74.8 Å². The Kier molecular flexibility index (Phi) is 4.63. The van der Waals surface area contributed by atoms with E-state index in [4.69, 9.17) is 4.74 Å². The van der Waals surface area contributed by atoms with E-state index in [1.807, 2.05) is 0 Å². The highest BCUT2D eigenvalue weighted by atomic mass is 19.4. The first-order valence-electron chi connectivity index (χ1n) is 10.7. The highest BCUT2D eigenvalue weighted by Gasteiger charge is 2.64. The lowest BCUT2D eigenvalue weighted by Gasteiger charge is -2.29. The molecular weight excluding hydrogens is 437 g/mol. The summed E-state index contributed by atoms with van der Waals surface area (Å²) >= 11 is 0. The van der Waals surface area contributed by atoms with Crippen molar-refractivity contribution in [2.45, 2.75) is 50.4 Å². The first-order chi connectivity index (χ1) is 15.6. The maximum atomic E-state index is 13.4. The van der Waals surface area contributed by atoms with Gasteiger partial charge >= 0.3 is 12.2 Å². The normalized spacial score (nSPS) is 20.9. The van der Waals surface area contributed by atoms with Gasteiger partial charge in [-0.15, -0.1) is 0 Å². The van der Waals surface area contributed by atoms with Gasteiger partial charge in [-0.2, -0.15) is 13.2 Å².